The summed E-state index contributed by atoms with van der Waals surface area (Å²) in [6.07, 6.45) is 97.2. The van der Waals surface area contributed by atoms with Gasteiger partial charge in [-0.2, -0.15) is 0 Å². The minimum atomic E-state index is -0.664. The van der Waals surface area contributed by atoms with Gasteiger partial charge in [0.1, 0.15) is 0 Å². The van der Waals surface area contributed by atoms with Gasteiger partial charge in [-0.05, 0) is 77.0 Å². The Labute approximate surface area is 468 Å². The molecule has 0 aromatic carbocycles. The second-order valence-electron chi connectivity index (χ2n) is 22.2. The Morgan fingerprint density at radius 2 is 0.587 bits per heavy atom. The third-order valence-corrected chi connectivity index (χ3v) is 14.9. The molecule has 0 saturated carbocycles. The van der Waals surface area contributed by atoms with E-state index in [2.05, 4.69) is 116 Å². The normalized spacial score (nSPS) is 13.4. The number of aliphatic hydroxyl groups is 2. The van der Waals surface area contributed by atoms with Crippen LogP contribution in [0.25, 0.3) is 0 Å². The molecule has 4 heteroatoms. The van der Waals surface area contributed by atoms with Crippen LogP contribution in [0.4, 0.5) is 0 Å². The van der Waals surface area contributed by atoms with Crippen LogP contribution in [-0.2, 0) is 4.79 Å². The van der Waals surface area contributed by atoms with Gasteiger partial charge in [-0.3, -0.25) is 4.79 Å². The zero-order valence-electron chi connectivity index (χ0n) is 50.1. The Bertz CT molecular complexity index is 1370. The maximum Gasteiger partial charge on any atom is 0.220 e. The summed E-state index contributed by atoms with van der Waals surface area (Å²) in [5.74, 6) is -0.0293. The molecule has 75 heavy (non-hydrogen) atoms. The first-order chi connectivity index (χ1) is 37.2. The molecule has 0 aliphatic heterocycles. The monoisotopic (exact) mass is 1040 g/mol. The number of unbranched alkanes of at least 4 members (excludes halogenated alkanes) is 37. The number of hydrogen-bond donors (Lipinski definition) is 3. The number of rotatable bonds is 60. The quantitative estimate of drug-likeness (QED) is 0.0420. The maximum absolute atomic E-state index is 12.5. The lowest BCUT2D eigenvalue weighted by Gasteiger charge is -2.22. The van der Waals surface area contributed by atoms with E-state index in [-0.39, 0.29) is 12.5 Å². The highest BCUT2D eigenvalue weighted by molar-refractivity contribution is 5.76. The van der Waals surface area contributed by atoms with Crippen LogP contribution in [0.15, 0.2) is 97.2 Å². The zero-order valence-corrected chi connectivity index (χ0v) is 50.1. The van der Waals surface area contributed by atoms with Crippen molar-refractivity contribution in [3.63, 3.8) is 0 Å². The van der Waals surface area contributed by atoms with Crippen molar-refractivity contribution >= 4 is 5.91 Å². The Kier molecular flexibility index (Phi) is 63.2. The van der Waals surface area contributed by atoms with Crippen molar-refractivity contribution in [1.82, 2.24) is 5.32 Å². The lowest BCUT2D eigenvalue weighted by molar-refractivity contribution is -0.123. The van der Waals surface area contributed by atoms with E-state index in [4.69, 9.17) is 0 Å². The van der Waals surface area contributed by atoms with Crippen molar-refractivity contribution in [3.05, 3.63) is 97.2 Å². The summed E-state index contributed by atoms with van der Waals surface area (Å²) in [4.78, 5) is 12.5. The van der Waals surface area contributed by atoms with Crippen molar-refractivity contribution in [2.24, 2.45) is 0 Å². The van der Waals surface area contributed by atoms with Gasteiger partial charge in [0.25, 0.3) is 0 Å². The van der Waals surface area contributed by atoms with Crippen LogP contribution in [0.1, 0.15) is 328 Å². The van der Waals surface area contributed by atoms with Crippen LogP contribution in [0.3, 0.4) is 0 Å². The van der Waals surface area contributed by atoms with E-state index in [1.54, 1.807) is 0 Å². The molecular weight excluding hydrogens is 915 g/mol. The standard InChI is InChI=1S/C71H127NO3/c1-3-5-7-9-11-13-15-17-19-21-23-25-27-28-29-30-31-32-33-34-35-36-37-38-39-40-41-42-43-44-45-47-49-51-53-55-57-59-61-63-65-67-71(75)72-69(68-73)70(74)66-64-62-60-58-56-54-52-50-48-46-26-24-22-20-18-16-14-12-10-8-6-4-2/h5,7,11,13,17,19,23,25,28-29,31-32,34-35,37-38,69-70,73-74H,3-4,6,8-10,12,14-16,18,20-22,24,26-27,30,33,36,39-68H2,1-2H3,(H,72,75)/b7-5-,13-11-,19-17-,25-23-,29-28-,32-31-,35-34-,38-37-. The van der Waals surface area contributed by atoms with E-state index >= 15 is 0 Å². The van der Waals surface area contributed by atoms with Crippen LogP contribution in [0, 0.1) is 0 Å². The zero-order chi connectivity index (χ0) is 54.1. The van der Waals surface area contributed by atoms with E-state index in [1.165, 1.54) is 225 Å². The topological polar surface area (TPSA) is 69.6 Å². The molecular formula is C71H127NO3. The number of hydrogen-bond acceptors (Lipinski definition) is 3. The van der Waals surface area contributed by atoms with Crippen molar-refractivity contribution < 1.29 is 15.0 Å². The summed E-state index contributed by atoms with van der Waals surface area (Å²) >= 11 is 0. The molecule has 2 atom stereocenters. The first kappa shape index (κ1) is 72.3. The first-order valence-electron chi connectivity index (χ1n) is 32.9. The molecule has 0 bridgehead atoms. The predicted molar refractivity (Wildman–Crippen MR) is 336 cm³/mol. The van der Waals surface area contributed by atoms with E-state index in [0.717, 1.165) is 77.0 Å². The molecule has 0 radical (unpaired) electrons. The molecule has 0 aromatic heterocycles. The van der Waals surface area contributed by atoms with Crippen molar-refractivity contribution in [2.75, 3.05) is 6.61 Å². The van der Waals surface area contributed by atoms with Crippen LogP contribution in [0.2, 0.25) is 0 Å². The van der Waals surface area contributed by atoms with Gasteiger partial charge < -0.3 is 15.5 Å². The van der Waals surface area contributed by atoms with E-state index in [9.17, 15) is 15.0 Å². The molecule has 0 fully saturated rings. The average molecular weight is 1040 g/mol. The van der Waals surface area contributed by atoms with Crippen molar-refractivity contribution in [1.29, 1.82) is 0 Å². The lowest BCUT2D eigenvalue weighted by atomic mass is 10.0. The molecule has 0 aromatic rings. The molecule has 0 saturated heterocycles. The van der Waals surface area contributed by atoms with Gasteiger partial charge in [-0.15, -0.1) is 0 Å². The second kappa shape index (κ2) is 65.6. The lowest BCUT2D eigenvalue weighted by Crippen LogP contribution is -2.45. The third-order valence-electron chi connectivity index (χ3n) is 14.9. The average Bonchev–Trinajstić information content (AvgIpc) is 3.41. The summed E-state index contributed by atoms with van der Waals surface area (Å²) < 4.78 is 0. The van der Waals surface area contributed by atoms with Crippen LogP contribution in [-0.4, -0.2) is 34.9 Å². The highest BCUT2D eigenvalue weighted by Crippen LogP contribution is 2.18. The van der Waals surface area contributed by atoms with Crippen LogP contribution >= 0.6 is 0 Å². The summed E-state index contributed by atoms with van der Waals surface area (Å²) in [6, 6.07) is -0.541. The second-order valence-corrected chi connectivity index (χ2v) is 22.2. The van der Waals surface area contributed by atoms with Crippen LogP contribution < -0.4 is 5.32 Å². The largest absolute Gasteiger partial charge is 0.394 e. The molecule has 0 rings (SSSR count). The fourth-order valence-electron chi connectivity index (χ4n) is 9.91. The van der Waals surface area contributed by atoms with Gasteiger partial charge in [0.05, 0.1) is 18.8 Å². The molecule has 434 valence electrons. The molecule has 2 unspecified atom stereocenters. The van der Waals surface area contributed by atoms with E-state index < -0.39 is 12.1 Å². The minimum absolute atomic E-state index is 0.0293. The highest BCUT2D eigenvalue weighted by Gasteiger charge is 2.20. The Hall–Kier alpha value is -2.69. The van der Waals surface area contributed by atoms with Crippen molar-refractivity contribution in [2.45, 2.75) is 341 Å². The number of amides is 1. The molecule has 4 nitrogen and oxygen atoms in total. The van der Waals surface area contributed by atoms with Gasteiger partial charge in [0.15, 0.2) is 0 Å². The number of allylic oxidation sites excluding steroid dienone is 16. The number of carbonyl (C=O) groups is 1. The van der Waals surface area contributed by atoms with Gasteiger partial charge >= 0.3 is 0 Å². The SMILES string of the molecule is CC/C=C\C/C=C\C/C=C\C/C=C\C/C=C\C/C=C\C/C=C\C/C=C\CCCCCCCCCCCCCCCCCCC(=O)NC(CO)C(O)CCCCCCCCCCCCCCCCCCCCCCCC. The Morgan fingerprint density at radius 1 is 0.333 bits per heavy atom. The van der Waals surface area contributed by atoms with E-state index in [1.807, 2.05) is 0 Å². The van der Waals surface area contributed by atoms with Gasteiger partial charge in [-0.1, -0.05) is 342 Å². The maximum atomic E-state index is 12.5. The molecule has 0 spiro atoms. The van der Waals surface area contributed by atoms with E-state index in [0.29, 0.717) is 12.8 Å². The third kappa shape index (κ3) is 62.0. The Morgan fingerprint density at radius 3 is 0.880 bits per heavy atom. The minimum Gasteiger partial charge on any atom is -0.394 e. The fraction of sp³-hybridized carbons (Fsp3) is 0.761. The smallest absolute Gasteiger partial charge is 0.220 e. The molecule has 1 amide bonds. The number of aliphatic hydroxyl groups excluding tert-OH is 2. The van der Waals surface area contributed by atoms with Crippen LogP contribution in [0.5, 0.6) is 0 Å². The number of nitrogens with one attached hydrogen (secondary N) is 1. The molecule has 3 N–H and O–H groups in total. The highest BCUT2D eigenvalue weighted by atomic mass is 16.3. The fourth-order valence-corrected chi connectivity index (χ4v) is 9.91. The molecule has 0 aliphatic carbocycles. The summed E-state index contributed by atoms with van der Waals surface area (Å²) in [6.45, 7) is 4.27. The molecule has 0 aliphatic rings. The van der Waals surface area contributed by atoms with Crippen molar-refractivity contribution in [3.8, 4) is 0 Å². The number of carbonyl (C=O) groups excluding carboxylic acids is 1. The summed E-state index contributed by atoms with van der Waals surface area (Å²) in [5, 5.41) is 23.4. The first-order valence-corrected chi connectivity index (χ1v) is 32.9. The summed E-state index contributed by atoms with van der Waals surface area (Å²) in [7, 11) is 0. The van der Waals surface area contributed by atoms with Gasteiger partial charge in [-0.25, -0.2) is 0 Å². The van der Waals surface area contributed by atoms with Gasteiger partial charge in [0.2, 0.25) is 5.91 Å². The predicted octanol–water partition coefficient (Wildman–Crippen LogP) is 22.4. The Balaban J connectivity index is 3.48. The van der Waals surface area contributed by atoms with Gasteiger partial charge in [0, 0.05) is 6.42 Å². The summed E-state index contributed by atoms with van der Waals surface area (Å²) in [5.41, 5.74) is 0. The molecule has 0 heterocycles.